The summed E-state index contributed by atoms with van der Waals surface area (Å²) in [4.78, 5) is 24.9. The van der Waals surface area contributed by atoms with Crippen LogP contribution in [0.3, 0.4) is 0 Å². The normalized spacial score (nSPS) is 16.0. The van der Waals surface area contributed by atoms with E-state index in [0.29, 0.717) is 63.3 Å². The van der Waals surface area contributed by atoms with Crippen LogP contribution in [-0.2, 0) is 14.2 Å². The Bertz CT molecular complexity index is 997. The van der Waals surface area contributed by atoms with Gasteiger partial charge in [0, 0.05) is 12.3 Å². The topological polar surface area (TPSA) is 145 Å². The standard InChI is InChI=1S/C21H23N3O9/c25-23(26)17-2-3-18(19(14-17)24(27)28)22-15-16-1-4-20-21(13-16)33-12-10-31-8-6-29-5-7-30-9-11-32-20/h1-4,13-15H,5-12H2. The summed E-state index contributed by atoms with van der Waals surface area (Å²) >= 11 is 0. The molecule has 12 heteroatoms. The number of hydrogen-bond acceptors (Lipinski definition) is 10. The van der Waals surface area contributed by atoms with Gasteiger partial charge in [-0.3, -0.25) is 20.2 Å². The third-order valence-corrected chi connectivity index (χ3v) is 4.40. The maximum atomic E-state index is 11.3. The van der Waals surface area contributed by atoms with Gasteiger partial charge in [-0.1, -0.05) is 0 Å². The third-order valence-electron chi connectivity index (χ3n) is 4.40. The van der Waals surface area contributed by atoms with Crippen molar-refractivity contribution in [3.05, 3.63) is 62.2 Å². The molecule has 0 spiro atoms. The fourth-order valence-electron chi connectivity index (χ4n) is 2.82. The van der Waals surface area contributed by atoms with Gasteiger partial charge in [0.15, 0.2) is 11.5 Å². The molecule has 33 heavy (non-hydrogen) atoms. The number of non-ortho nitro benzene ring substituents is 1. The lowest BCUT2D eigenvalue weighted by Gasteiger charge is -2.13. The molecule has 1 aliphatic rings. The Morgan fingerprint density at radius 2 is 1.33 bits per heavy atom. The van der Waals surface area contributed by atoms with Crippen molar-refractivity contribution in [2.45, 2.75) is 0 Å². The molecule has 12 nitrogen and oxygen atoms in total. The number of nitro benzene ring substituents is 2. The predicted octanol–water partition coefficient (Wildman–Crippen LogP) is 3.07. The largest absolute Gasteiger partial charge is 0.487 e. The summed E-state index contributed by atoms with van der Waals surface area (Å²) in [5, 5.41) is 22.2. The summed E-state index contributed by atoms with van der Waals surface area (Å²) in [7, 11) is 0. The molecule has 1 aliphatic heterocycles. The minimum absolute atomic E-state index is 0.00770. The van der Waals surface area contributed by atoms with E-state index in [-0.39, 0.29) is 18.0 Å². The summed E-state index contributed by atoms with van der Waals surface area (Å²) in [6.07, 6.45) is 1.41. The van der Waals surface area contributed by atoms with Gasteiger partial charge in [-0.15, -0.1) is 0 Å². The zero-order chi connectivity index (χ0) is 23.5. The second-order valence-corrected chi connectivity index (χ2v) is 6.69. The molecule has 176 valence electrons. The van der Waals surface area contributed by atoms with E-state index in [0.717, 1.165) is 12.1 Å². The van der Waals surface area contributed by atoms with Crippen molar-refractivity contribution in [1.82, 2.24) is 0 Å². The van der Waals surface area contributed by atoms with Crippen LogP contribution in [0.25, 0.3) is 0 Å². The first-order valence-electron chi connectivity index (χ1n) is 10.1. The Kier molecular flexibility index (Phi) is 9.06. The molecule has 2 aromatic rings. The number of nitro groups is 2. The molecule has 0 saturated carbocycles. The van der Waals surface area contributed by atoms with Crippen molar-refractivity contribution in [3.8, 4) is 11.5 Å². The minimum Gasteiger partial charge on any atom is -0.487 e. The van der Waals surface area contributed by atoms with Gasteiger partial charge < -0.3 is 23.7 Å². The Morgan fingerprint density at radius 3 is 1.94 bits per heavy atom. The number of ether oxygens (including phenoxy) is 5. The number of aliphatic imine (C=N–C) groups is 1. The number of benzene rings is 2. The summed E-state index contributed by atoms with van der Waals surface area (Å²) in [5.41, 5.74) is -0.263. The zero-order valence-electron chi connectivity index (χ0n) is 17.7. The highest BCUT2D eigenvalue weighted by Crippen LogP contribution is 2.32. The summed E-state index contributed by atoms with van der Waals surface area (Å²) in [6.45, 7) is 3.16. The smallest absolute Gasteiger partial charge is 0.301 e. The molecule has 0 fully saturated rings. The highest BCUT2D eigenvalue weighted by molar-refractivity contribution is 5.84. The van der Waals surface area contributed by atoms with Crippen molar-refractivity contribution < 1.29 is 33.5 Å². The average Bonchev–Trinajstić information content (AvgIpc) is 2.81. The maximum Gasteiger partial charge on any atom is 0.301 e. The predicted molar refractivity (Wildman–Crippen MR) is 117 cm³/mol. The van der Waals surface area contributed by atoms with E-state index < -0.39 is 15.5 Å². The molecule has 0 N–H and O–H groups in total. The van der Waals surface area contributed by atoms with Gasteiger partial charge in [0.2, 0.25) is 0 Å². The molecule has 0 amide bonds. The fourth-order valence-corrected chi connectivity index (χ4v) is 2.82. The van der Waals surface area contributed by atoms with Crippen LogP contribution >= 0.6 is 0 Å². The van der Waals surface area contributed by atoms with Gasteiger partial charge in [-0.05, 0) is 29.8 Å². The van der Waals surface area contributed by atoms with Crippen molar-refractivity contribution >= 4 is 23.3 Å². The SMILES string of the molecule is O=[N+]([O-])c1ccc(N=Cc2ccc3c(c2)OCCOCCOCCOCCO3)c([N+](=O)[O-])c1. The summed E-state index contributed by atoms with van der Waals surface area (Å²) in [6, 6.07) is 8.36. The van der Waals surface area contributed by atoms with E-state index in [1.807, 2.05) is 0 Å². The van der Waals surface area contributed by atoms with E-state index in [1.165, 1.54) is 12.3 Å². The highest BCUT2D eigenvalue weighted by Gasteiger charge is 2.19. The Hall–Kier alpha value is -3.61. The monoisotopic (exact) mass is 461 g/mol. The summed E-state index contributed by atoms with van der Waals surface area (Å²) < 4.78 is 27.8. The van der Waals surface area contributed by atoms with Crippen LogP contribution < -0.4 is 9.47 Å². The number of hydrogen-bond donors (Lipinski definition) is 0. The number of rotatable bonds is 4. The molecule has 0 saturated heterocycles. The van der Waals surface area contributed by atoms with Gasteiger partial charge in [0.05, 0.1) is 55.6 Å². The van der Waals surface area contributed by atoms with Crippen LogP contribution in [0, 0.1) is 20.2 Å². The van der Waals surface area contributed by atoms with Gasteiger partial charge in [-0.2, -0.15) is 0 Å². The lowest BCUT2D eigenvalue weighted by molar-refractivity contribution is -0.393. The molecule has 2 aromatic carbocycles. The minimum atomic E-state index is -0.713. The molecule has 0 atom stereocenters. The lowest BCUT2D eigenvalue weighted by atomic mass is 10.2. The Morgan fingerprint density at radius 1 is 0.727 bits per heavy atom. The van der Waals surface area contributed by atoms with Gasteiger partial charge in [-0.25, -0.2) is 4.99 Å². The van der Waals surface area contributed by atoms with Crippen molar-refractivity contribution in [1.29, 1.82) is 0 Å². The molecule has 3 rings (SSSR count). The van der Waals surface area contributed by atoms with E-state index in [4.69, 9.17) is 23.7 Å². The maximum absolute atomic E-state index is 11.3. The first-order chi connectivity index (χ1) is 16.0. The van der Waals surface area contributed by atoms with Gasteiger partial charge >= 0.3 is 5.69 Å². The first-order valence-corrected chi connectivity index (χ1v) is 10.1. The van der Waals surface area contributed by atoms with E-state index in [1.54, 1.807) is 18.2 Å². The van der Waals surface area contributed by atoms with E-state index in [2.05, 4.69) is 4.99 Å². The van der Waals surface area contributed by atoms with Crippen molar-refractivity contribution in [3.63, 3.8) is 0 Å². The molecule has 1 heterocycles. The number of fused-ring (bicyclic) bond motifs is 1. The van der Waals surface area contributed by atoms with Gasteiger partial charge in [0.25, 0.3) is 5.69 Å². The van der Waals surface area contributed by atoms with Crippen molar-refractivity contribution in [2.24, 2.45) is 4.99 Å². The van der Waals surface area contributed by atoms with Crippen LogP contribution in [0.15, 0.2) is 41.4 Å². The van der Waals surface area contributed by atoms with Crippen LogP contribution in [0.4, 0.5) is 17.1 Å². The average molecular weight is 461 g/mol. The first kappa shape index (κ1) is 24.0. The molecular formula is C21H23N3O9. The molecule has 0 radical (unpaired) electrons. The Balaban J connectivity index is 1.78. The number of nitrogens with zero attached hydrogens (tertiary/aromatic N) is 3. The van der Waals surface area contributed by atoms with Crippen LogP contribution in [0.1, 0.15) is 5.56 Å². The second-order valence-electron chi connectivity index (χ2n) is 6.69. The molecule has 0 bridgehead atoms. The van der Waals surface area contributed by atoms with E-state index in [9.17, 15) is 20.2 Å². The molecule has 0 unspecified atom stereocenters. The summed E-state index contributed by atoms with van der Waals surface area (Å²) in [5.74, 6) is 0.954. The quantitative estimate of drug-likeness (QED) is 0.381. The molecular weight excluding hydrogens is 438 g/mol. The molecule has 0 aromatic heterocycles. The van der Waals surface area contributed by atoms with Crippen LogP contribution in [0.5, 0.6) is 11.5 Å². The molecule has 0 aliphatic carbocycles. The lowest BCUT2D eigenvalue weighted by Crippen LogP contribution is -2.13. The highest BCUT2D eigenvalue weighted by atomic mass is 16.6. The Labute approximate surface area is 189 Å². The van der Waals surface area contributed by atoms with Crippen molar-refractivity contribution in [2.75, 3.05) is 52.9 Å². The van der Waals surface area contributed by atoms with E-state index >= 15 is 0 Å². The fraction of sp³-hybridized carbons (Fsp3) is 0.381. The van der Waals surface area contributed by atoms with Gasteiger partial charge in [0.1, 0.15) is 18.9 Å². The van der Waals surface area contributed by atoms with Crippen LogP contribution in [-0.4, -0.2) is 68.9 Å². The third kappa shape index (κ3) is 7.49. The zero-order valence-corrected chi connectivity index (χ0v) is 17.7. The second kappa shape index (κ2) is 12.4. The van der Waals surface area contributed by atoms with Crippen LogP contribution in [0.2, 0.25) is 0 Å².